The Morgan fingerprint density at radius 3 is 2.64 bits per heavy atom. The molecule has 0 atom stereocenters. The van der Waals surface area contributed by atoms with Gasteiger partial charge in [-0.05, 0) is 32.9 Å². The summed E-state index contributed by atoms with van der Waals surface area (Å²) in [6.07, 6.45) is 0.341. The molecule has 1 aliphatic rings. The minimum absolute atomic E-state index is 0.185. The van der Waals surface area contributed by atoms with Crippen LogP contribution in [-0.4, -0.2) is 34.0 Å². The number of amides is 2. The molecule has 1 aromatic carbocycles. The molecule has 0 spiro atoms. The summed E-state index contributed by atoms with van der Waals surface area (Å²) < 4.78 is 5.42. The van der Waals surface area contributed by atoms with Crippen LogP contribution in [0, 0.1) is 0 Å². The normalized spacial score (nSPS) is 14.0. The molecule has 7 heteroatoms. The topological polar surface area (TPSA) is 71.5 Å². The highest BCUT2D eigenvalue weighted by molar-refractivity contribution is 7.15. The highest BCUT2D eigenvalue weighted by atomic mass is 32.1. The molecule has 25 heavy (non-hydrogen) atoms. The van der Waals surface area contributed by atoms with Crippen LogP contribution in [-0.2, 0) is 17.7 Å². The Labute approximate surface area is 150 Å². The number of aromatic nitrogens is 1. The second-order valence-electron chi connectivity index (χ2n) is 6.86. The van der Waals surface area contributed by atoms with Gasteiger partial charge in [0.1, 0.15) is 5.60 Å². The first-order valence-corrected chi connectivity index (χ1v) is 8.96. The molecule has 2 amide bonds. The molecule has 0 unspecified atom stereocenters. The van der Waals surface area contributed by atoms with Crippen molar-refractivity contribution in [2.75, 3.05) is 11.9 Å². The number of thiazole rings is 1. The van der Waals surface area contributed by atoms with E-state index in [1.165, 1.54) is 11.3 Å². The maximum absolute atomic E-state index is 12.2. The predicted octanol–water partition coefficient (Wildman–Crippen LogP) is 3.69. The number of fused-ring (bicyclic) bond motifs is 1. The molecule has 0 saturated heterocycles. The molecule has 6 nitrogen and oxygen atoms in total. The predicted molar refractivity (Wildman–Crippen MR) is 96.9 cm³/mol. The highest BCUT2D eigenvalue weighted by Gasteiger charge is 2.28. The summed E-state index contributed by atoms with van der Waals surface area (Å²) in [5.74, 6) is -0.185. The fourth-order valence-electron chi connectivity index (χ4n) is 2.49. The molecule has 3 rings (SSSR count). The fraction of sp³-hybridized carbons (Fsp3) is 0.389. The fourth-order valence-corrected chi connectivity index (χ4v) is 3.51. The van der Waals surface area contributed by atoms with Crippen molar-refractivity contribution < 1.29 is 14.3 Å². The molecule has 0 fully saturated rings. The largest absolute Gasteiger partial charge is 0.444 e. The van der Waals surface area contributed by atoms with Gasteiger partial charge < -0.3 is 9.64 Å². The molecule has 1 aromatic heterocycles. The third-order valence-corrected chi connectivity index (χ3v) is 4.64. The van der Waals surface area contributed by atoms with Gasteiger partial charge in [-0.2, -0.15) is 0 Å². The maximum atomic E-state index is 12.2. The van der Waals surface area contributed by atoms with Crippen LogP contribution in [0.3, 0.4) is 0 Å². The van der Waals surface area contributed by atoms with Gasteiger partial charge in [0.2, 0.25) is 0 Å². The number of hydrogen-bond donors (Lipinski definition) is 1. The first-order valence-electron chi connectivity index (χ1n) is 8.15. The van der Waals surface area contributed by atoms with Crippen molar-refractivity contribution in [3.05, 3.63) is 46.5 Å². The number of hydrogen-bond acceptors (Lipinski definition) is 5. The molecule has 2 heterocycles. The molecule has 1 aliphatic heterocycles. The smallest absolute Gasteiger partial charge is 0.410 e. The number of rotatable bonds is 2. The number of ether oxygens (including phenoxy) is 1. The van der Waals surface area contributed by atoms with Crippen LogP contribution in [0.5, 0.6) is 0 Å². The standard InChI is InChI=1S/C18H21N3O3S/c1-18(2,3)24-17(23)21-10-9-13-14(11-21)25-16(19-13)20-15(22)12-7-5-4-6-8-12/h4-8H,9-11H2,1-3H3,(H,19,20,22). The van der Waals surface area contributed by atoms with E-state index in [4.69, 9.17) is 4.74 Å². The Morgan fingerprint density at radius 1 is 1.24 bits per heavy atom. The molecule has 0 bridgehead atoms. The van der Waals surface area contributed by atoms with E-state index in [2.05, 4.69) is 10.3 Å². The number of nitrogens with one attached hydrogen (secondary N) is 1. The third kappa shape index (κ3) is 4.36. The van der Waals surface area contributed by atoms with Crippen molar-refractivity contribution in [3.8, 4) is 0 Å². The van der Waals surface area contributed by atoms with E-state index in [1.807, 2.05) is 39.0 Å². The van der Waals surface area contributed by atoms with E-state index in [9.17, 15) is 9.59 Å². The average Bonchev–Trinajstić information content (AvgIpc) is 2.95. The van der Waals surface area contributed by atoms with Gasteiger partial charge in [0.15, 0.2) is 5.13 Å². The number of carbonyl (C=O) groups is 2. The first-order chi connectivity index (χ1) is 11.8. The quantitative estimate of drug-likeness (QED) is 0.888. The molecule has 0 radical (unpaired) electrons. The molecule has 2 aromatic rings. The van der Waals surface area contributed by atoms with Crippen LogP contribution in [0.15, 0.2) is 30.3 Å². The summed E-state index contributed by atoms with van der Waals surface area (Å²) in [7, 11) is 0. The summed E-state index contributed by atoms with van der Waals surface area (Å²) in [6, 6.07) is 9.02. The van der Waals surface area contributed by atoms with E-state index in [0.29, 0.717) is 30.2 Å². The Balaban J connectivity index is 1.67. The minimum Gasteiger partial charge on any atom is -0.444 e. The molecule has 0 aliphatic carbocycles. The van der Waals surface area contributed by atoms with Gasteiger partial charge >= 0.3 is 6.09 Å². The molecule has 1 N–H and O–H groups in total. The second kappa shape index (κ2) is 6.84. The molecular formula is C18H21N3O3S. The summed E-state index contributed by atoms with van der Waals surface area (Å²) in [5.41, 5.74) is 1.01. The van der Waals surface area contributed by atoms with Crippen molar-refractivity contribution in [2.45, 2.75) is 39.3 Å². The lowest BCUT2D eigenvalue weighted by molar-refractivity contribution is 0.0225. The monoisotopic (exact) mass is 359 g/mol. The van der Waals surface area contributed by atoms with Gasteiger partial charge in [0, 0.05) is 23.4 Å². The van der Waals surface area contributed by atoms with Crippen molar-refractivity contribution in [1.29, 1.82) is 0 Å². The molecular weight excluding hydrogens is 338 g/mol. The lowest BCUT2D eigenvalue weighted by Crippen LogP contribution is -2.39. The zero-order valence-corrected chi connectivity index (χ0v) is 15.4. The van der Waals surface area contributed by atoms with E-state index >= 15 is 0 Å². The van der Waals surface area contributed by atoms with Crippen LogP contribution < -0.4 is 5.32 Å². The van der Waals surface area contributed by atoms with Crippen LogP contribution in [0.25, 0.3) is 0 Å². The van der Waals surface area contributed by atoms with Gasteiger partial charge in [-0.3, -0.25) is 10.1 Å². The van der Waals surface area contributed by atoms with Crippen molar-refractivity contribution in [1.82, 2.24) is 9.88 Å². The van der Waals surface area contributed by atoms with Crippen LogP contribution >= 0.6 is 11.3 Å². The van der Waals surface area contributed by atoms with E-state index in [0.717, 1.165) is 10.6 Å². The van der Waals surface area contributed by atoms with E-state index in [-0.39, 0.29) is 12.0 Å². The Morgan fingerprint density at radius 2 is 1.96 bits per heavy atom. The lowest BCUT2D eigenvalue weighted by Gasteiger charge is -2.29. The van der Waals surface area contributed by atoms with Gasteiger partial charge in [-0.1, -0.05) is 29.5 Å². The third-order valence-electron chi connectivity index (χ3n) is 3.64. The zero-order valence-electron chi connectivity index (χ0n) is 14.5. The maximum Gasteiger partial charge on any atom is 0.410 e. The lowest BCUT2D eigenvalue weighted by atomic mass is 10.2. The van der Waals surface area contributed by atoms with Crippen molar-refractivity contribution >= 4 is 28.5 Å². The van der Waals surface area contributed by atoms with Gasteiger partial charge in [-0.15, -0.1) is 0 Å². The second-order valence-corrected chi connectivity index (χ2v) is 7.94. The Bertz CT molecular complexity index is 781. The number of benzene rings is 1. The first kappa shape index (κ1) is 17.4. The van der Waals surface area contributed by atoms with E-state index in [1.54, 1.807) is 17.0 Å². The summed E-state index contributed by atoms with van der Waals surface area (Å²) in [5, 5.41) is 3.39. The molecule has 132 valence electrons. The van der Waals surface area contributed by atoms with Gasteiger partial charge in [0.05, 0.1) is 12.2 Å². The SMILES string of the molecule is CC(C)(C)OC(=O)N1CCc2nc(NC(=O)c3ccccc3)sc2C1. The summed E-state index contributed by atoms with van der Waals surface area (Å²) in [4.78, 5) is 31.6. The van der Waals surface area contributed by atoms with Crippen molar-refractivity contribution in [3.63, 3.8) is 0 Å². The Hall–Kier alpha value is -2.41. The Kier molecular flexibility index (Phi) is 4.76. The zero-order chi connectivity index (χ0) is 18.0. The summed E-state index contributed by atoms with van der Waals surface area (Å²) in [6.45, 7) is 6.58. The average molecular weight is 359 g/mol. The highest BCUT2D eigenvalue weighted by Crippen LogP contribution is 2.29. The van der Waals surface area contributed by atoms with Crippen LogP contribution in [0.4, 0.5) is 9.93 Å². The number of nitrogens with zero attached hydrogens (tertiary/aromatic N) is 2. The number of carbonyl (C=O) groups excluding carboxylic acids is 2. The number of anilines is 1. The van der Waals surface area contributed by atoms with Gasteiger partial charge in [-0.25, -0.2) is 9.78 Å². The van der Waals surface area contributed by atoms with Crippen LogP contribution in [0.2, 0.25) is 0 Å². The van der Waals surface area contributed by atoms with Crippen molar-refractivity contribution in [2.24, 2.45) is 0 Å². The van der Waals surface area contributed by atoms with E-state index < -0.39 is 5.60 Å². The molecule has 0 saturated carbocycles. The summed E-state index contributed by atoms with van der Waals surface area (Å²) >= 11 is 1.40. The van der Waals surface area contributed by atoms with Gasteiger partial charge in [0.25, 0.3) is 5.91 Å². The van der Waals surface area contributed by atoms with Crippen LogP contribution in [0.1, 0.15) is 41.7 Å². The minimum atomic E-state index is -0.514.